The summed E-state index contributed by atoms with van der Waals surface area (Å²) in [5.41, 5.74) is -2.25. The van der Waals surface area contributed by atoms with Gasteiger partial charge in [-0.25, -0.2) is 25.3 Å². The van der Waals surface area contributed by atoms with E-state index in [9.17, 15) is 68.4 Å². The standard InChI is InChI=1S/3C20H22N2O7S/c3*1-20(2,3)19(26)29-13-8-10-14(11-9-13)30(27,28)22-16-7-5-4-6-15(16)18(25)21-12-17(23)24/h3*4-11,22H,12H2,1-3H3,(H,21,25)(H,23,24). The summed E-state index contributed by atoms with van der Waals surface area (Å²) in [5, 5.41) is 32.6. The van der Waals surface area contributed by atoms with E-state index in [-0.39, 0.29) is 65.7 Å². The normalized spacial score (nSPS) is 11.4. The topological polar surface area (TPSA) is 417 Å². The van der Waals surface area contributed by atoms with Gasteiger partial charge in [0, 0.05) is 0 Å². The molecular weight excluding hydrogens is 1240 g/mol. The predicted octanol–water partition coefficient (Wildman–Crippen LogP) is 6.76. The van der Waals surface area contributed by atoms with Crippen molar-refractivity contribution in [1.29, 1.82) is 0 Å². The van der Waals surface area contributed by atoms with Crippen LogP contribution in [0.1, 0.15) is 93.4 Å². The van der Waals surface area contributed by atoms with Gasteiger partial charge < -0.3 is 45.5 Å². The molecule has 0 radical (unpaired) electrons. The van der Waals surface area contributed by atoms with Crippen LogP contribution in [-0.2, 0) is 58.8 Å². The molecule has 0 unspecified atom stereocenters. The van der Waals surface area contributed by atoms with Gasteiger partial charge in [0.1, 0.15) is 36.9 Å². The number of carbonyl (C=O) groups excluding carboxylic acids is 6. The number of carbonyl (C=O) groups is 9. The molecule has 0 atom stereocenters. The molecule has 0 saturated heterocycles. The molecule has 30 heteroatoms. The first-order valence-electron chi connectivity index (χ1n) is 26.5. The van der Waals surface area contributed by atoms with Crippen LogP contribution >= 0.6 is 0 Å². The zero-order chi connectivity index (χ0) is 67.6. The Morgan fingerprint density at radius 2 is 0.533 bits per heavy atom. The molecule has 90 heavy (non-hydrogen) atoms. The highest BCUT2D eigenvalue weighted by molar-refractivity contribution is 7.93. The number of esters is 3. The number of nitrogens with one attached hydrogen (secondary N) is 6. The van der Waals surface area contributed by atoms with Crippen molar-refractivity contribution >= 4 is 101 Å². The lowest BCUT2D eigenvalue weighted by atomic mass is 9.97. The van der Waals surface area contributed by atoms with E-state index < -0.39 is 119 Å². The van der Waals surface area contributed by atoms with Crippen LogP contribution in [0.4, 0.5) is 17.1 Å². The first-order valence-corrected chi connectivity index (χ1v) is 31.0. The van der Waals surface area contributed by atoms with Crippen molar-refractivity contribution in [3.63, 3.8) is 0 Å². The number of hydrogen-bond acceptors (Lipinski definition) is 18. The van der Waals surface area contributed by atoms with E-state index in [4.69, 9.17) is 29.5 Å². The summed E-state index contributed by atoms with van der Waals surface area (Å²) in [6.07, 6.45) is 0. The third-order valence-electron chi connectivity index (χ3n) is 11.3. The van der Waals surface area contributed by atoms with Crippen molar-refractivity contribution in [2.24, 2.45) is 16.2 Å². The largest absolute Gasteiger partial charge is 0.480 e. The van der Waals surface area contributed by atoms with Crippen LogP contribution in [0, 0.1) is 16.2 Å². The molecule has 0 saturated carbocycles. The molecular formula is C60H66N6O21S3. The molecule has 0 aliphatic heterocycles. The maximum absolute atomic E-state index is 12.7. The summed E-state index contributed by atoms with van der Waals surface area (Å²) in [5.74, 6) is -6.68. The van der Waals surface area contributed by atoms with Gasteiger partial charge in [0.25, 0.3) is 47.8 Å². The highest BCUT2D eigenvalue weighted by Crippen LogP contribution is 2.28. The fourth-order valence-corrected chi connectivity index (χ4v) is 9.75. The smallest absolute Gasteiger partial charge is 0.322 e. The molecule has 6 rings (SSSR count). The second-order valence-electron chi connectivity index (χ2n) is 22.0. The van der Waals surface area contributed by atoms with Gasteiger partial charge in [0.05, 0.1) is 64.7 Å². The van der Waals surface area contributed by atoms with Gasteiger partial charge in [-0.15, -0.1) is 0 Å². The molecule has 0 aromatic heterocycles. The fourth-order valence-electron chi connectivity index (χ4n) is 6.52. The van der Waals surface area contributed by atoms with E-state index in [0.29, 0.717) is 0 Å². The van der Waals surface area contributed by atoms with Crippen molar-refractivity contribution in [2.45, 2.75) is 77.0 Å². The molecule has 0 aliphatic carbocycles. The van der Waals surface area contributed by atoms with Crippen molar-refractivity contribution in [2.75, 3.05) is 33.8 Å². The Morgan fingerprint density at radius 1 is 0.333 bits per heavy atom. The number of ether oxygens (including phenoxy) is 3. The molecule has 3 amide bonds. The highest BCUT2D eigenvalue weighted by atomic mass is 32.2. The van der Waals surface area contributed by atoms with E-state index in [2.05, 4.69) is 30.1 Å². The number of benzene rings is 6. The van der Waals surface area contributed by atoms with E-state index in [1.807, 2.05) is 0 Å². The van der Waals surface area contributed by atoms with Gasteiger partial charge >= 0.3 is 35.8 Å². The first-order chi connectivity index (χ1) is 41.7. The minimum Gasteiger partial charge on any atom is -0.480 e. The molecule has 27 nitrogen and oxygen atoms in total. The number of carboxylic acid groups (broad SMARTS) is 3. The monoisotopic (exact) mass is 1300 g/mol. The lowest BCUT2D eigenvalue weighted by Crippen LogP contribution is -2.30. The third kappa shape index (κ3) is 22.5. The van der Waals surface area contributed by atoms with Crippen molar-refractivity contribution < 1.29 is 97.9 Å². The molecule has 0 fully saturated rings. The molecule has 6 aromatic rings. The van der Waals surface area contributed by atoms with E-state index >= 15 is 0 Å². The van der Waals surface area contributed by atoms with Crippen LogP contribution in [0.15, 0.2) is 160 Å². The van der Waals surface area contributed by atoms with Gasteiger partial charge in [-0.1, -0.05) is 36.4 Å². The summed E-state index contributed by atoms with van der Waals surface area (Å²) in [6, 6.07) is 33.1. The minimum absolute atomic E-state index is 0.0105. The Hall–Kier alpha value is -10.2. The van der Waals surface area contributed by atoms with Gasteiger partial charge in [-0.3, -0.25) is 57.3 Å². The average Bonchev–Trinajstić information content (AvgIpc) is 2.64. The average molecular weight is 1300 g/mol. The SMILES string of the molecule is CC(C)(C)C(=O)Oc1ccc(S(=O)(=O)Nc2ccccc2C(=O)NCC(=O)O)cc1.CC(C)(C)C(=O)Oc1ccc(S(=O)(=O)Nc2ccccc2C(=O)NCC(=O)O)cc1.CC(C)(C)C(=O)Oc1ccc(S(=O)(=O)Nc2ccccc2C(=O)NCC(=O)O)cc1. The Labute approximate surface area is 518 Å². The summed E-state index contributed by atoms with van der Waals surface area (Å²) in [6.45, 7) is 13.5. The summed E-state index contributed by atoms with van der Waals surface area (Å²) >= 11 is 0. The summed E-state index contributed by atoms with van der Waals surface area (Å²) in [7, 11) is -12.2. The number of sulfonamides is 3. The number of amides is 3. The molecule has 0 heterocycles. The van der Waals surface area contributed by atoms with Crippen LogP contribution in [-0.4, -0.2) is 114 Å². The third-order valence-corrected chi connectivity index (χ3v) is 15.5. The van der Waals surface area contributed by atoms with Crippen LogP contribution < -0.4 is 44.3 Å². The maximum Gasteiger partial charge on any atom is 0.322 e. The van der Waals surface area contributed by atoms with E-state index in [1.165, 1.54) is 146 Å². The number of carboxylic acids is 3. The molecule has 6 aromatic carbocycles. The predicted molar refractivity (Wildman–Crippen MR) is 326 cm³/mol. The number of hydrogen-bond donors (Lipinski definition) is 9. The quantitative estimate of drug-likeness (QED) is 0.0265. The number of rotatable bonds is 21. The summed E-state index contributed by atoms with van der Waals surface area (Å²) < 4.78 is 98.7. The van der Waals surface area contributed by atoms with Gasteiger partial charge in [-0.05, 0) is 172 Å². The number of aliphatic carboxylic acids is 3. The zero-order valence-electron chi connectivity index (χ0n) is 49.9. The molecule has 480 valence electrons. The highest BCUT2D eigenvalue weighted by Gasteiger charge is 2.28. The Balaban J connectivity index is 0.000000288. The number of anilines is 3. The zero-order valence-corrected chi connectivity index (χ0v) is 52.3. The van der Waals surface area contributed by atoms with Crippen LogP contribution in [0.3, 0.4) is 0 Å². The van der Waals surface area contributed by atoms with Crippen molar-refractivity contribution in [1.82, 2.24) is 16.0 Å². The Morgan fingerprint density at radius 3 is 0.722 bits per heavy atom. The molecule has 9 N–H and O–H groups in total. The van der Waals surface area contributed by atoms with Gasteiger partial charge in [-0.2, -0.15) is 0 Å². The van der Waals surface area contributed by atoms with Crippen LogP contribution in [0.2, 0.25) is 0 Å². The fraction of sp³-hybridized carbons (Fsp3) is 0.250. The van der Waals surface area contributed by atoms with Gasteiger partial charge in [0.15, 0.2) is 0 Å². The van der Waals surface area contributed by atoms with Crippen LogP contribution in [0.5, 0.6) is 17.2 Å². The lowest BCUT2D eigenvalue weighted by molar-refractivity contribution is -0.143. The molecule has 0 spiro atoms. The molecule has 0 aliphatic rings. The Bertz CT molecular complexity index is 3580. The second kappa shape index (κ2) is 30.6. The van der Waals surface area contributed by atoms with Crippen molar-refractivity contribution in [3.05, 3.63) is 162 Å². The minimum atomic E-state index is -4.06. The summed E-state index contributed by atoms with van der Waals surface area (Å²) in [4.78, 5) is 104. The first kappa shape index (κ1) is 72.3. The maximum atomic E-state index is 12.7. The molecule has 0 bridgehead atoms. The van der Waals surface area contributed by atoms with E-state index in [1.54, 1.807) is 62.3 Å². The van der Waals surface area contributed by atoms with Gasteiger partial charge in [0.2, 0.25) is 0 Å². The Kier molecular flexibility index (Phi) is 24.6. The number of para-hydroxylation sites is 3. The second-order valence-corrected chi connectivity index (χ2v) is 27.1. The van der Waals surface area contributed by atoms with Crippen molar-refractivity contribution in [3.8, 4) is 17.2 Å². The van der Waals surface area contributed by atoms with Crippen LogP contribution in [0.25, 0.3) is 0 Å². The van der Waals surface area contributed by atoms with E-state index in [0.717, 1.165) is 0 Å². The lowest BCUT2D eigenvalue weighted by Gasteiger charge is -2.16.